The third-order valence-corrected chi connectivity index (χ3v) is 7.41. The lowest BCUT2D eigenvalue weighted by Gasteiger charge is -2.56. The second-order valence-corrected chi connectivity index (χ2v) is 10.6. The fraction of sp³-hybridized carbons (Fsp3) is 0.762. The maximum Gasteiger partial charge on any atom is 0.248 e. The van der Waals surface area contributed by atoms with Crippen LogP contribution < -0.4 is 10.6 Å². The van der Waals surface area contributed by atoms with E-state index in [0.29, 0.717) is 23.9 Å². The number of rotatable bonds is 7. The van der Waals surface area contributed by atoms with Crippen molar-refractivity contribution < 1.29 is 9.59 Å². The summed E-state index contributed by atoms with van der Waals surface area (Å²) in [6.07, 6.45) is 10.7. The minimum absolute atomic E-state index is 0.0527. The molecule has 0 saturated heterocycles. The van der Waals surface area contributed by atoms with Gasteiger partial charge < -0.3 is 10.6 Å². The monoisotopic (exact) mass is 389 g/mol. The van der Waals surface area contributed by atoms with Crippen LogP contribution in [0.25, 0.3) is 0 Å². The summed E-state index contributed by atoms with van der Waals surface area (Å²) in [5.41, 5.74) is 0.201. The van der Waals surface area contributed by atoms with Crippen molar-refractivity contribution in [1.82, 2.24) is 10.3 Å². The van der Waals surface area contributed by atoms with Crippen molar-refractivity contribution in [3.63, 3.8) is 0 Å². The van der Waals surface area contributed by atoms with Gasteiger partial charge in [0.15, 0.2) is 5.13 Å². The van der Waals surface area contributed by atoms with Gasteiger partial charge in [0.2, 0.25) is 11.8 Å². The zero-order valence-electron chi connectivity index (χ0n) is 16.4. The van der Waals surface area contributed by atoms with E-state index < -0.39 is 6.04 Å². The third kappa shape index (κ3) is 4.36. The molecule has 148 valence electrons. The molecule has 2 N–H and O–H groups in total. The number of carbonyl (C=O) groups is 2. The van der Waals surface area contributed by atoms with Gasteiger partial charge in [-0.2, -0.15) is 0 Å². The number of amides is 2. The highest BCUT2D eigenvalue weighted by atomic mass is 32.1. The van der Waals surface area contributed by atoms with Crippen LogP contribution in [0.2, 0.25) is 0 Å². The average Bonchev–Trinajstić information content (AvgIpc) is 3.04. The molecule has 0 unspecified atom stereocenters. The number of nitrogens with one attached hydrogen (secondary N) is 2. The molecule has 1 atom stereocenters. The van der Waals surface area contributed by atoms with Gasteiger partial charge in [-0.25, -0.2) is 4.98 Å². The van der Waals surface area contributed by atoms with Gasteiger partial charge >= 0.3 is 0 Å². The van der Waals surface area contributed by atoms with E-state index in [2.05, 4.69) is 29.5 Å². The van der Waals surface area contributed by atoms with E-state index in [4.69, 9.17) is 0 Å². The van der Waals surface area contributed by atoms with Crippen molar-refractivity contribution in [2.24, 2.45) is 29.1 Å². The summed E-state index contributed by atoms with van der Waals surface area (Å²) in [5, 5.41) is 8.33. The quantitative estimate of drug-likeness (QED) is 0.733. The van der Waals surface area contributed by atoms with E-state index in [1.54, 1.807) is 6.20 Å². The van der Waals surface area contributed by atoms with Crippen LogP contribution in [0.4, 0.5) is 5.13 Å². The predicted octanol–water partition coefficient (Wildman–Crippen LogP) is 4.22. The Balaban J connectivity index is 1.38. The van der Waals surface area contributed by atoms with E-state index in [9.17, 15) is 9.59 Å². The van der Waals surface area contributed by atoms with Gasteiger partial charge in [0.25, 0.3) is 0 Å². The Labute approximate surface area is 165 Å². The molecule has 1 heterocycles. The molecule has 6 heteroatoms. The minimum Gasteiger partial charge on any atom is -0.344 e. The van der Waals surface area contributed by atoms with Crippen LogP contribution in [-0.4, -0.2) is 22.8 Å². The van der Waals surface area contributed by atoms with E-state index >= 15 is 0 Å². The van der Waals surface area contributed by atoms with E-state index in [-0.39, 0.29) is 17.2 Å². The first kappa shape index (κ1) is 18.9. The molecule has 1 aromatic rings. The lowest BCUT2D eigenvalue weighted by molar-refractivity contribution is -0.133. The molecule has 5 nitrogen and oxygen atoms in total. The molecule has 4 fully saturated rings. The van der Waals surface area contributed by atoms with Crippen LogP contribution in [0.15, 0.2) is 11.6 Å². The number of hydrogen-bond acceptors (Lipinski definition) is 4. The summed E-state index contributed by atoms with van der Waals surface area (Å²) in [7, 11) is 0. The van der Waals surface area contributed by atoms with Gasteiger partial charge in [0, 0.05) is 18.0 Å². The molecule has 4 aliphatic carbocycles. The SMILES string of the molecule is CC(C)C[C@@H](NC(=O)CC12CC3CC(CC(C3)C1)C2)C(=O)Nc1nccs1. The first-order valence-corrected chi connectivity index (χ1v) is 11.3. The van der Waals surface area contributed by atoms with Gasteiger partial charge in [-0.1, -0.05) is 13.8 Å². The van der Waals surface area contributed by atoms with Crippen molar-refractivity contribution in [1.29, 1.82) is 0 Å². The van der Waals surface area contributed by atoms with Crippen LogP contribution in [0.3, 0.4) is 0 Å². The fourth-order valence-electron chi connectivity index (χ4n) is 6.27. The van der Waals surface area contributed by atoms with Crippen LogP contribution in [0.1, 0.15) is 65.2 Å². The van der Waals surface area contributed by atoms with Crippen molar-refractivity contribution in [3.8, 4) is 0 Å². The predicted molar refractivity (Wildman–Crippen MR) is 107 cm³/mol. The van der Waals surface area contributed by atoms with Crippen molar-refractivity contribution >= 4 is 28.3 Å². The Morgan fingerprint density at radius 2 is 1.81 bits per heavy atom. The molecule has 5 rings (SSSR count). The molecule has 0 aromatic carbocycles. The lowest BCUT2D eigenvalue weighted by Crippen LogP contribution is -2.50. The van der Waals surface area contributed by atoms with E-state index in [1.807, 2.05) is 5.38 Å². The molecule has 4 aliphatic rings. The molecule has 2 amide bonds. The molecular weight excluding hydrogens is 358 g/mol. The van der Waals surface area contributed by atoms with Gasteiger partial charge in [0.05, 0.1) is 0 Å². The normalized spacial score (nSPS) is 32.5. The maximum absolute atomic E-state index is 12.9. The van der Waals surface area contributed by atoms with E-state index in [0.717, 1.165) is 17.8 Å². The van der Waals surface area contributed by atoms with Crippen molar-refractivity contribution in [2.75, 3.05) is 5.32 Å². The van der Waals surface area contributed by atoms with Gasteiger partial charge in [-0.3, -0.25) is 9.59 Å². The Kier molecular flexibility index (Phi) is 5.28. The number of aromatic nitrogens is 1. The second kappa shape index (κ2) is 7.53. The number of nitrogens with zero attached hydrogens (tertiary/aromatic N) is 1. The van der Waals surface area contributed by atoms with Crippen LogP contribution in [-0.2, 0) is 9.59 Å². The summed E-state index contributed by atoms with van der Waals surface area (Å²) in [4.78, 5) is 29.7. The second-order valence-electron chi connectivity index (χ2n) is 9.67. The number of carbonyl (C=O) groups excluding carboxylic acids is 2. The Morgan fingerprint density at radius 1 is 1.19 bits per heavy atom. The highest BCUT2D eigenvalue weighted by Crippen LogP contribution is 2.61. The molecule has 1 aromatic heterocycles. The molecule has 4 saturated carbocycles. The Morgan fingerprint density at radius 3 is 2.33 bits per heavy atom. The van der Waals surface area contributed by atoms with Crippen molar-refractivity contribution in [3.05, 3.63) is 11.6 Å². The molecule has 27 heavy (non-hydrogen) atoms. The molecule has 0 spiro atoms. The highest BCUT2D eigenvalue weighted by Gasteiger charge is 2.51. The van der Waals surface area contributed by atoms with Crippen LogP contribution >= 0.6 is 11.3 Å². The summed E-state index contributed by atoms with van der Waals surface area (Å²) in [5.74, 6) is 2.74. The van der Waals surface area contributed by atoms with Crippen molar-refractivity contribution in [2.45, 2.75) is 71.3 Å². The number of anilines is 1. The van der Waals surface area contributed by atoms with Gasteiger partial charge in [-0.05, 0) is 74.0 Å². The van der Waals surface area contributed by atoms with Gasteiger partial charge in [-0.15, -0.1) is 11.3 Å². The highest BCUT2D eigenvalue weighted by molar-refractivity contribution is 7.13. The molecular formula is C21H31N3O2S. The largest absolute Gasteiger partial charge is 0.344 e. The first-order valence-electron chi connectivity index (χ1n) is 10.4. The maximum atomic E-state index is 12.9. The zero-order valence-corrected chi connectivity index (χ0v) is 17.2. The minimum atomic E-state index is -0.490. The molecule has 4 bridgehead atoms. The topological polar surface area (TPSA) is 71.1 Å². The molecule has 0 aliphatic heterocycles. The Bertz CT molecular complexity index is 650. The third-order valence-electron chi connectivity index (χ3n) is 6.72. The van der Waals surface area contributed by atoms with Crippen LogP contribution in [0, 0.1) is 29.1 Å². The standard InChI is InChI=1S/C21H31N3O2S/c1-13(2)5-17(19(26)24-20-22-3-4-27-20)23-18(25)12-21-9-14-6-15(10-21)8-16(7-14)11-21/h3-4,13-17H,5-12H2,1-2H3,(H,23,25)(H,22,24,26)/t14?,15?,16?,17-,21?/m1/s1. The van der Waals surface area contributed by atoms with Gasteiger partial charge in [0.1, 0.15) is 6.04 Å². The van der Waals surface area contributed by atoms with Crippen LogP contribution in [0.5, 0.6) is 0 Å². The summed E-state index contributed by atoms with van der Waals surface area (Å²) in [6, 6.07) is -0.490. The summed E-state index contributed by atoms with van der Waals surface area (Å²) >= 11 is 1.40. The average molecular weight is 390 g/mol. The van der Waals surface area contributed by atoms with E-state index in [1.165, 1.54) is 49.9 Å². The Hall–Kier alpha value is -1.43. The summed E-state index contributed by atoms with van der Waals surface area (Å²) in [6.45, 7) is 4.16. The lowest BCUT2D eigenvalue weighted by atomic mass is 9.49. The summed E-state index contributed by atoms with van der Waals surface area (Å²) < 4.78 is 0. The fourth-order valence-corrected chi connectivity index (χ4v) is 6.80. The smallest absolute Gasteiger partial charge is 0.248 e. The first-order chi connectivity index (χ1) is 12.9. The zero-order chi connectivity index (χ0) is 19.0. The number of thiazole rings is 1. The number of hydrogen-bond donors (Lipinski definition) is 2. The molecule has 0 radical (unpaired) electrons.